The summed E-state index contributed by atoms with van der Waals surface area (Å²) in [5.41, 5.74) is 0.690. The minimum absolute atomic E-state index is 0.107. The SMILES string of the molecule is CCN1CCN(c2nnc(-n3cccc3C(=O)N3CCCCCC3)s2)CC1. The van der Waals surface area contributed by atoms with Crippen molar-refractivity contribution in [3.8, 4) is 5.13 Å². The Bertz CT molecular complexity index is 756. The molecule has 27 heavy (non-hydrogen) atoms. The van der Waals surface area contributed by atoms with Gasteiger partial charge in [0.1, 0.15) is 5.69 Å². The zero-order valence-corrected chi connectivity index (χ0v) is 16.8. The molecule has 4 heterocycles. The topological polar surface area (TPSA) is 57.5 Å². The second kappa shape index (κ2) is 8.39. The van der Waals surface area contributed by atoms with E-state index in [1.807, 2.05) is 27.8 Å². The van der Waals surface area contributed by atoms with E-state index >= 15 is 0 Å². The summed E-state index contributed by atoms with van der Waals surface area (Å²) in [6.45, 7) is 9.09. The van der Waals surface area contributed by atoms with Crippen LogP contribution in [0.5, 0.6) is 0 Å². The maximum atomic E-state index is 13.0. The van der Waals surface area contributed by atoms with Crippen molar-refractivity contribution in [3.63, 3.8) is 0 Å². The molecule has 0 atom stereocenters. The second-order valence-electron chi connectivity index (χ2n) is 7.26. The molecule has 2 aromatic heterocycles. The highest BCUT2D eigenvalue weighted by Gasteiger charge is 2.23. The van der Waals surface area contributed by atoms with Gasteiger partial charge in [-0.25, -0.2) is 0 Å². The maximum absolute atomic E-state index is 13.0. The molecule has 2 saturated heterocycles. The van der Waals surface area contributed by atoms with Crippen LogP contribution in [-0.4, -0.2) is 76.3 Å². The van der Waals surface area contributed by atoms with E-state index in [1.54, 1.807) is 11.3 Å². The van der Waals surface area contributed by atoms with Gasteiger partial charge in [-0.3, -0.25) is 9.36 Å². The Balaban J connectivity index is 1.49. The molecule has 7 nitrogen and oxygen atoms in total. The number of rotatable bonds is 4. The van der Waals surface area contributed by atoms with Gasteiger partial charge in [-0.05, 0) is 31.5 Å². The largest absolute Gasteiger partial charge is 0.344 e. The number of nitrogens with zero attached hydrogens (tertiary/aromatic N) is 6. The number of anilines is 1. The molecule has 146 valence electrons. The van der Waals surface area contributed by atoms with E-state index in [0.717, 1.165) is 68.9 Å². The van der Waals surface area contributed by atoms with Crippen molar-refractivity contribution in [2.45, 2.75) is 32.6 Å². The first-order valence-electron chi connectivity index (χ1n) is 10.0. The summed E-state index contributed by atoms with van der Waals surface area (Å²) in [6.07, 6.45) is 6.55. The summed E-state index contributed by atoms with van der Waals surface area (Å²) < 4.78 is 1.90. The third-order valence-electron chi connectivity index (χ3n) is 5.56. The van der Waals surface area contributed by atoms with Crippen LogP contribution in [0.15, 0.2) is 18.3 Å². The van der Waals surface area contributed by atoms with E-state index in [1.165, 1.54) is 12.8 Å². The average molecular weight is 389 g/mol. The third kappa shape index (κ3) is 4.01. The lowest BCUT2D eigenvalue weighted by Gasteiger charge is -2.33. The van der Waals surface area contributed by atoms with Crippen LogP contribution in [0.4, 0.5) is 5.13 Å². The van der Waals surface area contributed by atoms with Gasteiger partial charge in [-0.15, -0.1) is 10.2 Å². The van der Waals surface area contributed by atoms with Crippen molar-refractivity contribution in [3.05, 3.63) is 24.0 Å². The van der Waals surface area contributed by atoms with Gasteiger partial charge in [0, 0.05) is 45.5 Å². The maximum Gasteiger partial charge on any atom is 0.270 e. The first-order chi connectivity index (χ1) is 13.3. The lowest BCUT2D eigenvalue weighted by atomic mass is 10.2. The fourth-order valence-electron chi connectivity index (χ4n) is 3.85. The number of likely N-dealkylation sites (N-methyl/N-ethyl adjacent to an activating group) is 1. The molecular formula is C19H28N6OS. The highest BCUT2D eigenvalue weighted by atomic mass is 32.1. The lowest BCUT2D eigenvalue weighted by molar-refractivity contribution is 0.0753. The van der Waals surface area contributed by atoms with Crippen molar-refractivity contribution >= 4 is 22.4 Å². The van der Waals surface area contributed by atoms with Gasteiger partial charge in [-0.1, -0.05) is 31.1 Å². The third-order valence-corrected chi connectivity index (χ3v) is 6.54. The number of carbonyl (C=O) groups is 1. The van der Waals surface area contributed by atoms with E-state index in [9.17, 15) is 4.79 Å². The Hall–Kier alpha value is -1.93. The van der Waals surface area contributed by atoms with E-state index in [-0.39, 0.29) is 5.91 Å². The molecule has 4 rings (SSSR count). The fourth-order valence-corrected chi connectivity index (χ4v) is 4.74. The Morgan fingerprint density at radius 2 is 1.70 bits per heavy atom. The predicted molar refractivity (Wildman–Crippen MR) is 108 cm³/mol. The molecule has 2 fully saturated rings. The number of piperazine rings is 1. The number of carbonyl (C=O) groups excluding carboxylic acids is 1. The second-order valence-corrected chi connectivity index (χ2v) is 8.19. The Morgan fingerprint density at radius 3 is 2.41 bits per heavy atom. The molecule has 0 bridgehead atoms. The van der Waals surface area contributed by atoms with Crippen LogP contribution < -0.4 is 4.90 Å². The van der Waals surface area contributed by atoms with E-state index in [4.69, 9.17) is 0 Å². The van der Waals surface area contributed by atoms with Crippen LogP contribution in [0.1, 0.15) is 43.1 Å². The summed E-state index contributed by atoms with van der Waals surface area (Å²) >= 11 is 1.57. The van der Waals surface area contributed by atoms with Crippen molar-refractivity contribution in [2.75, 3.05) is 50.7 Å². The first kappa shape index (κ1) is 18.4. The number of aromatic nitrogens is 3. The minimum Gasteiger partial charge on any atom is -0.344 e. The van der Waals surface area contributed by atoms with Gasteiger partial charge in [-0.2, -0.15) is 0 Å². The normalized spacial score (nSPS) is 19.3. The number of hydrogen-bond acceptors (Lipinski definition) is 6. The first-order valence-corrected chi connectivity index (χ1v) is 10.9. The summed E-state index contributed by atoms with van der Waals surface area (Å²) in [6, 6.07) is 3.82. The van der Waals surface area contributed by atoms with E-state index in [0.29, 0.717) is 5.69 Å². The highest BCUT2D eigenvalue weighted by Crippen LogP contribution is 2.26. The number of amides is 1. The average Bonchev–Trinajstić information content (AvgIpc) is 3.30. The van der Waals surface area contributed by atoms with Gasteiger partial charge >= 0.3 is 0 Å². The van der Waals surface area contributed by atoms with Gasteiger partial charge in [0.25, 0.3) is 5.91 Å². The van der Waals surface area contributed by atoms with Gasteiger partial charge in [0.15, 0.2) is 0 Å². The number of likely N-dealkylation sites (tertiary alicyclic amines) is 1. The summed E-state index contributed by atoms with van der Waals surface area (Å²) in [7, 11) is 0. The molecular weight excluding hydrogens is 360 g/mol. The summed E-state index contributed by atoms with van der Waals surface area (Å²) in [5.74, 6) is 0.107. The quantitative estimate of drug-likeness (QED) is 0.805. The van der Waals surface area contributed by atoms with E-state index in [2.05, 4.69) is 26.9 Å². The zero-order valence-electron chi connectivity index (χ0n) is 16.0. The van der Waals surface area contributed by atoms with Gasteiger partial charge in [0.05, 0.1) is 0 Å². The Morgan fingerprint density at radius 1 is 1.00 bits per heavy atom. The molecule has 2 aliphatic heterocycles. The molecule has 0 spiro atoms. The van der Waals surface area contributed by atoms with Crippen molar-refractivity contribution in [1.29, 1.82) is 0 Å². The molecule has 0 aromatic carbocycles. The van der Waals surface area contributed by atoms with Crippen LogP contribution >= 0.6 is 11.3 Å². The van der Waals surface area contributed by atoms with Crippen molar-refractivity contribution in [2.24, 2.45) is 0 Å². The smallest absolute Gasteiger partial charge is 0.270 e. The molecule has 0 radical (unpaired) electrons. The van der Waals surface area contributed by atoms with Crippen molar-refractivity contribution < 1.29 is 4.79 Å². The van der Waals surface area contributed by atoms with Crippen LogP contribution in [0.2, 0.25) is 0 Å². The van der Waals surface area contributed by atoms with Crippen LogP contribution in [0, 0.1) is 0 Å². The molecule has 0 aliphatic carbocycles. The Kier molecular flexibility index (Phi) is 5.73. The molecule has 0 N–H and O–H groups in total. The monoisotopic (exact) mass is 388 g/mol. The van der Waals surface area contributed by atoms with Crippen LogP contribution in [0.3, 0.4) is 0 Å². The summed E-state index contributed by atoms with van der Waals surface area (Å²) in [4.78, 5) is 19.8. The minimum atomic E-state index is 0.107. The fraction of sp³-hybridized carbons (Fsp3) is 0.632. The van der Waals surface area contributed by atoms with Crippen LogP contribution in [-0.2, 0) is 0 Å². The summed E-state index contributed by atoms with van der Waals surface area (Å²) in [5, 5.41) is 10.5. The zero-order chi connectivity index (χ0) is 18.6. The van der Waals surface area contributed by atoms with Gasteiger partial charge < -0.3 is 14.7 Å². The Labute approximate surface area is 164 Å². The van der Waals surface area contributed by atoms with Crippen LogP contribution in [0.25, 0.3) is 5.13 Å². The molecule has 8 heteroatoms. The highest BCUT2D eigenvalue weighted by molar-refractivity contribution is 7.17. The van der Waals surface area contributed by atoms with Gasteiger partial charge in [0.2, 0.25) is 10.3 Å². The molecule has 2 aliphatic rings. The molecule has 0 saturated carbocycles. The standard InChI is InChI=1S/C19H28N6OS/c1-2-22-12-14-24(15-13-22)18-20-21-19(27-18)25-11-7-8-16(25)17(26)23-9-5-3-4-6-10-23/h7-8,11H,2-6,9-10,12-15H2,1H3. The predicted octanol–water partition coefficient (Wildman–Crippen LogP) is 2.49. The van der Waals surface area contributed by atoms with E-state index < -0.39 is 0 Å². The molecule has 0 unspecified atom stereocenters. The molecule has 2 aromatic rings. The number of hydrogen-bond donors (Lipinski definition) is 0. The molecule has 1 amide bonds. The lowest BCUT2D eigenvalue weighted by Crippen LogP contribution is -2.46. The van der Waals surface area contributed by atoms with Crippen molar-refractivity contribution in [1.82, 2.24) is 24.6 Å².